The van der Waals surface area contributed by atoms with Crippen molar-refractivity contribution in [2.45, 2.75) is 22.5 Å². The van der Waals surface area contributed by atoms with Crippen LogP contribution in [0.25, 0.3) is 0 Å². The summed E-state index contributed by atoms with van der Waals surface area (Å²) in [4.78, 5) is 16.3. The van der Waals surface area contributed by atoms with Crippen molar-refractivity contribution >= 4 is 29.2 Å². The van der Waals surface area contributed by atoms with Gasteiger partial charge in [0.15, 0.2) is 0 Å². The first kappa shape index (κ1) is 18.4. The van der Waals surface area contributed by atoms with Crippen molar-refractivity contribution < 1.29 is 18.0 Å². The molecule has 3 aromatic rings. The van der Waals surface area contributed by atoms with Crippen molar-refractivity contribution in [3.63, 3.8) is 0 Å². The second-order valence-corrected chi connectivity index (χ2v) is 7.27. The number of urea groups is 1. The molecule has 0 aliphatic carbocycles. The van der Waals surface area contributed by atoms with Crippen LogP contribution < -0.4 is 10.2 Å². The average molecular weight is 400 g/mol. The normalized spacial score (nSPS) is 12.9. The van der Waals surface area contributed by atoms with Crippen molar-refractivity contribution in [3.05, 3.63) is 83.9 Å². The van der Waals surface area contributed by atoms with E-state index in [0.717, 1.165) is 15.9 Å². The first-order valence-electron chi connectivity index (χ1n) is 8.54. The van der Waals surface area contributed by atoms with Gasteiger partial charge in [0.1, 0.15) is 0 Å². The quantitative estimate of drug-likeness (QED) is 0.554. The molecule has 0 fully saturated rings. The smallest absolute Gasteiger partial charge is 0.333 e. The van der Waals surface area contributed by atoms with Crippen LogP contribution in [-0.4, -0.2) is 6.03 Å². The number of benzene rings is 3. The van der Waals surface area contributed by atoms with Gasteiger partial charge in [-0.2, -0.15) is 13.2 Å². The van der Waals surface area contributed by atoms with Crippen molar-refractivity contribution in [2.75, 3.05) is 4.90 Å². The van der Waals surface area contributed by atoms with Gasteiger partial charge in [-0.25, -0.2) is 4.79 Å². The molecule has 0 unspecified atom stereocenters. The van der Waals surface area contributed by atoms with Gasteiger partial charge in [-0.1, -0.05) is 54.2 Å². The minimum absolute atomic E-state index is 0.0244. The number of nitrogens with zero attached hydrogens (tertiary/aromatic N) is 1. The molecule has 1 aliphatic heterocycles. The topological polar surface area (TPSA) is 32.3 Å². The fourth-order valence-corrected chi connectivity index (χ4v) is 4.18. The van der Waals surface area contributed by atoms with Gasteiger partial charge < -0.3 is 5.32 Å². The zero-order valence-electron chi connectivity index (χ0n) is 14.5. The summed E-state index contributed by atoms with van der Waals surface area (Å²) in [5.41, 5.74) is 0.683. The fraction of sp³-hybridized carbons (Fsp3) is 0.0952. The van der Waals surface area contributed by atoms with E-state index < -0.39 is 17.8 Å². The van der Waals surface area contributed by atoms with E-state index in [0.29, 0.717) is 11.4 Å². The Balaban J connectivity index is 1.63. The van der Waals surface area contributed by atoms with E-state index in [-0.39, 0.29) is 12.1 Å². The van der Waals surface area contributed by atoms with Crippen molar-refractivity contribution in [1.29, 1.82) is 0 Å². The van der Waals surface area contributed by atoms with Gasteiger partial charge in [0, 0.05) is 16.3 Å². The second-order valence-electron chi connectivity index (χ2n) is 6.19. The molecule has 142 valence electrons. The molecule has 0 bridgehead atoms. The molecular formula is C21H15F3N2OS. The maximum absolute atomic E-state index is 13.2. The molecule has 1 aliphatic rings. The number of rotatable bonds is 2. The van der Waals surface area contributed by atoms with Gasteiger partial charge in [0.05, 0.1) is 16.9 Å². The summed E-state index contributed by atoms with van der Waals surface area (Å²) < 4.78 is 39.6. The highest BCUT2D eigenvalue weighted by Crippen LogP contribution is 2.47. The molecule has 28 heavy (non-hydrogen) atoms. The number of halogens is 3. The van der Waals surface area contributed by atoms with Gasteiger partial charge in [-0.05, 0) is 35.9 Å². The predicted molar refractivity (Wildman–Crippen MR) is 103 cm³/mol. The first-order valence-corrected chi connectivity index (χ1v) is 9.36. The van der Waals surface area contributed by atoms with Gasteiger partial charge in [-0.3, -0.25) is 4.90 Å². The number of nitrogens with one attached hydrogen (secondary N) is 1. The molecule has 3 nitrogen and oxygen atoms in total. The Hall–Kier alpha value is -2.93. The summed E-state index contributed by atoms with van der Waals surface area (Å²) in [5.74, 6) is 0. The van der Waals surface area contributed by atoms with Crippen LogP contribution in [-0.2, 0) is 12.7 Å². The third-order valence-electron chi connectivity index (χ3n) is 4.39. The molecule has 2 amide bonds. The highest BCUT2D eigenvalue weighted by Gasteiger charge is 2.33. The highest BCUT2D eigenvalue weighted by molar-refractivity contribution is 7.99. The third-order valence-corrected chi connectivity index (χ3v) is 5.52. The van der Waals surface area contributed by atoms with Gasteiger partial charge in [0.2, 0.25) is 0 Å². The third kappa shape index (κ3) is 3.45. The van der Waals surface area contributed by atoms with E-state index in [9.17, 15) is 18.0 Å². The average Bonchev–Trinajstić information content (AvgIpc) is 2.69. The van der Waals surface area contributed by atoms with E-state index in [1.165, 1.54) is 23.1 Å². The van der Waals surface area contributed by atoms with E-state index in [2.05, 4.69) is 5.32 Å². The Morgan fingerprint density at radius 3 is 2.00 bits per heavy atom. The van der Waals surface area contributed by atoms with Crippen LogP contribution in [0.15, 0.2) is 82.6 Å². The number of hydrogen-bond acceptors (Lipinski definition) is 2. The Labute approximate surface area is 164 Å². The molecule has 0 aromatic heterocycles. The lowest BCUT2D eigenvalue weighted by Crippen LogP contribution is -2.38. The van der Waals surface area contributed by atoms with E-state index in [4.69, 9.17) is 0 Å². The summed E-state index contributed by atoms with van der Waals surface area (Å²) in [7, 11) is 0. The molecule has 0 radical (unpaired) electrons. The lowest BCUT2D eigenvalue weighted by Gasteiger charge is -2.31. The molecule has 0 spiro atoms. The summed E-state index contributed by atoms with van der Waals surface area (Å²) in [6, 6.07) is 19.7. The number of amides is 2. The van der Waals surface area contributed by atoms with Crippen LogP contribution in [0, 0.1) is 0 Å². The number of para-hydroxylation sites is 2. The van der Waals surface area contributed by atoms with Crippen LogP contribution in [0.3, 0.4) is 0 Å². The monoisotopic (exact) mass is 400 g/mol. The molecule has 0 saturated carbocycles. The van der Waals surface area contributed by atoms with Crippen LogP contribution in [0.5, 0.6) is 0 Å². The SMILES string of the molecule is O=C(NCc1ccccc1C(F)(F)F)N1c2ccccc2Sc2ccccc21. The Morgan fingerprint density at radius 2 is 1.39 bits per heavy atom. The summed E-state index contributed by atoms with van der Waals surface area (Å²) in [6.45, 7) is -0.220. The van der Waals surface area contributed by atoms with Crippen molar-refractivity contribution in [3.8, 4) is 0 Å². The van der Waals surface area contributed by atoms with Crippen molar-refractivity contribution in [1.82, 2.24) is 5.32 Å². The fourth-order valence-electron chi connectivity index (χ4n) is 3.12. The lowest BCUT2D eigenvalue weighted by atomic mass is 10.1. The van der Waals surface area contributed by atoms with Crippen molar-refractivity contribution in [2.24, 2.45) is 0 Å². The van der Waals surface area contributed by atoms with Gasteiger partial charge in [-0.15, -0.1) is 0 Å². The van der Waals surface area contributed by atoms with Crippen LogP contribution >= 0.6 is 11.8 Å². The molecule has 7 heteroatoms. The Bertz CT molecular complexity index is 990. The number of anilines is 2. The predicted octanol–water partition coefficient (Wildman–Crippen LogP) is 6.22. The maximum atomic E-state index is 13.2. The van der Waals surface area contributed by atoms with Gasteiger partial charge in [0.25, 0.3) is 0 Å². The second kappa shape index (κ2) is 7.24. The van der Waals surface area contributed by atoms with E-state index >= 15 is 0 Å². The maximum Gasteiger partial charge on any atom is 0.416 e. The van der Waals surface area contributed by atoms with Gasteiger partial charge >= 0.3 is 12.2 Å². The Kier molecular flexibility index (Phi) is 4.77. The molecule has 3 aromatic carbocycles. The Morgan fingerprint density at radius 1 is 0.857 bits per heavy atom. The number of carbonyl (C=O) groups excluding carboxylic acids is 1. The largest absolute Gasteiger partial charge is 0.416 e. The summed E-state index contributed by atoms with van der Waals surface area (Å²) >= 11 is 1.55. The number of carbonyl (C=O) groups is 1. The lowest BCUT2D eigenvalue weighted by molar-refractivity contribution is -0.138. The van der Waals surface area contributed by atoms with E-state index in [1.807, 2.05) is 48.5 Å². The first-order chi connectivity index (χ1) is 13.4. The molecule has 0 atom stereocenters. The molecule has 1 heterocycles. The standard InChI is InChI=1S/C21H15F3N2OS/c22-21(23,24)15-8-2-1-7-14(15)13-25-20(27)26-16-9-3-5-11-18(16)28-19-12-6-4-10-17(19)26/h1-12H,13H2,(H,25,27). The molecule has 4 rings (SSSR count). The zero-order chi connectivity index (χ0) is 19.7. The minimum Gasteiger partial charge on any atom is -0.333 e. The molecular weight excluding hydrogens is 385 g/mol. The van der Waals surface area contributed by atoms with E-state index in [1.54, 1.807) is 11.8 Å². The summed E-state index contributed by atoms with van der Waals surface area (Å²) in [6.07, 6.45) is -4.47. The molecule has 0 saturated heterocycles. The zero-order valence-corrected chi connectivity index (χ0v) is 15.3. The minimum atomic E-state index is -4.47. The number of hydrogen-bond donors (Lipinski definition) is 1. The summed E-state index contributed by atoms with van der Waals surface area (Å²) in [5, 5.41) is 2.64. The van der Waals surface area contributed by atoms with Crippen LogP contribution in [0.4, 0.5) is 29.3 Å². The van der Waals surface area contributed by atoms with Crippen LogP contribution in [0.1, 0.15) is 11.1 Å². The number of alkyl halides is 3. The number of fused-ring (bicyclic) bond motifs is 2. The highest BCUT2D eigenvalue weighted by atomic mass is 32.2. The van der Waals surface area contributed by atoms with Crippen LogP contribution in [0.2, 0.25) is 0 Å². The molecule has 1 N–H and O–H groups in total.